The van der Waals surface area contributed by atoms with Crippen LogP contribution in [-0.2, 0) is 9.53 Å². The van der Waals surface area contributed by atoms with Crippen LogP contribution in [0, 0.1) is 6.92 Å². The summed E-state index contributed by atoms with van der Waals surface area (Å²) >= 11 is 1.61. The van der Waals surface area contributed by atoms with Crippen molar-refractivity contribution in [3.8, 4) is 0 Å². The molecule has 0 atom stereocenters. The number of hydrogen-bond acceptors (Lipinski definition) is 4. The van der Waals surface area contributed by atoms with Crippen LogP contribution >= 0.6 is 11.3 Å². The fourth-order valence-corrected chi connectivity index (χ4v) is 2.91. The fraction of sp³-hybridized carbons (Fsp3) is 0.500. The van der Waals surface area contributed by atoms with E-state index in [4.69, 9.17) is 4.74 Å². The van der Waals surface area contributed by atoms with Gasteiger partial charge >= 0.3 is 0 Å². The van der Waals surface area contributed by atoms with Gasteiger partial charge in [0.15, 0.2) is 0 Å². The monoisotopic (exact) mass is 281 g/mol. The number of carbonyl (C=O) groups excluding carboxylic acids is 1. The van der Waals surface area contributed by atoms with Crippen LogP contribution < -0.4 is 5.32 Å². The average molecular weight is 281 g/mol. The molecule has 1 aromatic heterocycles. The van der Waals surface area contributed by atoms with Gasteiger partial charge in [-0.25, -0.2) is 0 Å². The Kier molecular flexibility index (Phi) is 4.74. The van der Waals surface area contributed by atoms with Crippen LogP contribution in [0.25, 0.3) is 6.08 Å². The third kappa shape index (κ3) is 3.65. The normalized spacial score (nSPS) is 18.6. The lowest BCUT2D eigenvalue weighted by Gasteiger charge is -2.35. The van der Waals surface area contributed by atoms with E-state index in [-0.39, 0.29) is 12.5 Å². The number of ether oxygens (including phenoxy) is 1. The molecule has 2 heterocycles. The molecule has 2 N–H and O–H groups in total. The summed E-state index contributed by atoms with van der Waals surface area (Å²) in [7, 11) is 0. The fourth-order valence-electron chi connectivity index (χ4n) is 2.09. The van der Waals surface area contributed by atoms with E-state index in [1.54, 1.807) is 11.3 Å². The highest BCUT2D eigenvalue weighted by atomic mass is 32.1. The van der Waals surface area contributed by atoms with Crippen molar-refractivity contribution in [3.05, 3.63) is 28.0 Å². The first-order chi connectivity index (χ1) is 9.15. The van der Waals surface area contributed by atoms with Gasteiger partial charge in [0, 0.05) is 24.2 Å². The number of nitrogens with one attached hydrogen (secondary N) is 1. The molecule has 1 aliphatic rings. The van der Waals surface area contributed by atoms with Gasteiger partial charge in [-0.05, 0) is 42.9 Å². The van der Waals surface area contributed by atoms with Crippen molar-refractivity contribution in [1.82, 2.24) is 5.32 Å². The molecule has 0 spiro atoms. The highest BCUT2D eigenvalue weighted by Crippen LogP contribution is 2.20. The van der Waals surface area contributed by atoms with Gasteiger partial charge in [-0.2, -0.15) is 0 Å². The summed E-state index contributed by atoms with van der Waals surface area (Å²) in [6, 6.07) is 2.02. The first-order valence-corrected chi connectivity index (χ1v) is 7.26. The maximum absolute atomic E-state index is 11.9. The Hall–Kier alpha value is -1.17. The van der Waals surface area contributed by atoms with Gasteiger partial charge in [-0.15, -0.1) is 11.3 Å². The van der Waals surface area contributed by atoms with E-state index in [2.05, 4.69) is 5.32 Å². The SMILES string of the molecule is Cc1ccsc1/C=C/C(=O)NC1(CO)CCOCC1. The first-order valence-electron chi connectivity index (χ1n) is 6.38. The number of rotatable bonds is 4. The van der Waals surface area contributed by atoms with E-state index < -0.39 is 5.54 Å². The third-order valence-electron chi connectivity index (χ3n) is 3.43. The predicted molar refractivity (Wildman–Crippen MR) is 76.1 cm³/mol. The van der Waals surface area contributed by atoms with Crippen LogP contribution in [0.5, 0.6) is 0 Å². The van der Waals surface area contributed by atoms with E-state index in [0.29, 0.717) is 26.1 Å². The number of aryl methyl sites for hydroxylation is 1. The summed E-state index contributed by atoms with van der Waals surface area (Å²) in [6.45, 7) is 3.12. The predicted octanol–water partition coefficient (Wildman–Crippen LogP) is 1.73. The quantitative estimate of drug-likeness (QED) is 0.826. The van der Waals surface area contributed by atoms with Gasteiger partial charge in [-0.3, -0.25) is 4.79 Å². The van der Waals surface area contributed by atoms with E-state index in [1.807, 2.05) is 24.4 Å². The van der Waals surface area contributed by atoms with Gasteiger partial charge in [0.1, 0.15) is 0 Å². The largest absolute Gasteiger partial charge is 0.394 e. The second kappa shape index (κ2) is 6.32. The molecular weight excluding hydrogens is 262 g/mol. The van der Waals surface area contributed by atoms with E-state index >= 15 is 0 Å². The molecule has 4 nitrogen and oxygen atoms in total. The molecule has 1 fully saturated rings. The first kappa shape index (κ1) is 14.2. The molecule has 2 rings (SSSR count). The minimum atomic E-state index is -0.524. The highest BCUT2D eigenvalue weighted by molar-refractivity contribution is 7.11. The van der Waals surface area contributed by atoms with Crippen LogP contribution in [0.2, 0.25) is 0 Å². The van der Waals surface area contributed by atoms with E-state index in [0.717, 1.165) is 10.4 Å². The second-order valence-electron chi connectivity index (χ2n) is 4.84. The van der Waals surface area contributed by atoms with Gasteiger partial charge in [0.2, 0.25) is 5.91 Å². The lowest BCUT2D eigenvalue weighted by molar-refractivity contribution is -0.120. The Morgan fingerprint density at radius 1 is 1.58 bits per heavy atom. The number of amides is 1. The van der Waals surface area contributed by atoms with Gasteiger partial charge < -0.3 is 15.2 Å². The smallest absolute Gasteiger partial charge is 0.244 e. The zero-order chi connectivity index (χ0) is 13.7. The van der Waals surface area contributed by atoms with Crippen molar-refractivity contribution in [2.45, 2.75) is 25.3 Å². The lowest BCUT2D eigenvalue weighted by atomic mass is 9.91. The highest BCUT2D eigenvalue weighted by Gasteiger charge is 2.32. The Morgan fingerprint density at radius 2 is 2.32 bits per heavy atom. The number of thiophene rings is 1. The molecule has 0 unspecified atom stereocenters. The zero-order valence-corrected chi connectivity index (χ0v) is 11.8. The van der Waals surface area contributed by atoms with Crippen LogP contribution in [0.4, 0.5) is 0 Å². The minimum Gasteiger partial charge on any atom is -0.394 e. The molecule has 0 aliphatic carbocycles. The van der Waals surface area contributed by atoms with Crippen molar-refractivity contribution in [2.24, 2.45) is 0 Å². The summed E-state index contributed by atoms with van der Waals surface area (Å²) in [5.74, 6) is -0.163. The van der Waals surface area contributed by atoms with Crippen LogP contribution in [0.1, 0.15) is 23.3 Å². The Morgan fingerprint density at radius 3 is 2.89 bits per heavy atom. The average Bonchev–Trinajstić information content (AvgIpc) is 2.83. The van der Waals surface area contributed by atoms with Crippen molar-refractivity contribution < 1.29 is 14.6 Å². The van der Waals surface area contributed by atoms with Crippen LogP contribution in [0.3, 0.4) is 0 Å². The molecular formula is C14H19NO3S. The minimum absolute atomic E-state index is 0.0476. The molecule has 104 valence electrons. The van der Waals surface area contributed by atoms with Crippen molar-refractivity contribution in [2.75, 3.05) is 19.8 Å². The lowest BCUT2D eigenvalue weighted by Crippen LogP contribution is -2.54. The van der Waals surface area contributed by atoms with Crippen LogP contribution in [-0.4, -0.2) is 36.4 Å². The Labute approximate surface area is 117 Å². The maximum atomic E-state index is 11.9. The van der Waals surface area contributed by atoms with Crippen molar-refractivity contribution in [3.63, 3.8) is 0 Å². The molecule has 0 bridgehead atoms. The maximum Gasteiger partial charge on any atom is 0.244 e. The number of hydrogen-bond donors (Lipinski definition) is 2. The molecule has 5 heteroatoms. The molecule has 19 heavy (non-hydrogen) atoms. The van der Waals surface area contributed by atoms with Crippen molar-refractivity contribution in [1.29, 1.82) is 0 Å². The summed E-state index contributed by atoms with van der Waals surface area (Å²) in [6.07, 6.45) is 4.66. The van der Waals surface area contributed by atoms with Crippen molar-refractivity contribution >= 4 is 23.3 Å². The Balaban J connectivity index is 1.96. The van der Waals surface area contributed by atoms with E-state index in [1.165, 1.54) is 6.08 Å². The van der Waals surface area contributed by atoms with Gasteiger partial charge in [0.25, 0.3) is 0 Å². The molecule has 1 aliphatic heterocycles. The second-order valence-corrected chi connectivity index (χ2v) is 5.79. The van der Waals surface area contributed by atoms with Crippen LogP contribution in [0.15, 0.2) is 17.5 Å². The Bertz CT molecular complexity index is 461. The number of aliphatic hydroxyl groups excluding tert-OH is 1. The zero-order valence-electron chi connectivity index (χ0n) is 11.0. The summed E-state index contributed by atoms with van der Waals surface area (Å²) in [5.41, 5.74) is 0.640. The van der Waals surface area contributed by atoms with Gasteiger partial charge in [0.05, 0.1) is 12.1 Å². The molecule has 0 aromatic carbocycles. The topological polar surface area (TPSA) is 58.6 Å². The molecule has 0 saturated carbocycles. The molecule has 1 amide bonds. The standard InChI is InChI=1S/C14H19NO3S/c1-11-4-9-19-12(11)2-3-13(17)15-14(10-16)5-7-18-8-6-14/h2-4,9,16H,5-8,10H2,1H3,(H,15,17)/b3-2+. The summed E-state index contributed by atoms with van der Waals surface area (Å²) < 4.78 is 5.26. The molecule has 1 saturated heterocycles. The van der Waals surface area contributed by atoms with Gasteiger partial charge in [-0.1, -0.05) is 0 Å². The summed E-state index contributed by atoms with van der Waals surface area (Å²) in [4.78, 5) is 13.0. The number of aliphatic hydroxyl groups is 1. The summed E-state index contributed by atoms with van der Waals surface area (Å²) in [5, 5.41) is 14.4. The third-order valence-corrected chi connectivity index (χ3v) is 4.41. The van der Waals surface area contributed by atoms with E-state index in [9.17, 15) is 9.90 Å². The molecule has 0 radical (unpaired) electrons. The molecule has 1 aromatic rings. The number of carbonyl (C=O) groups is 1.